The van der Waals surface area contributed by atoms with Gasteiger partial charge in [0.1, 0.15) is 0 Å². The molecule has 0 bridgehead atoms. The molecule has 0 saturated heterocycles. The Bertz CT molecular complexity index is 2040. The van der Waals surface area contributed by atoms with Gasteiger partial charge in [0.25, 0.3) is 0 Å². The average Bonchev–Trinajstić information content (AvgIpc) is 3.02. The maximum absolute atomic E-state index is 2.39. The predicted octanol–water partition coefficient (Wildman–Crippen LogP) is 11.6. The van der Waals surface area contributed by atoms with Gasteiger partial charge in [-0.25, -0.2) is 0 Å². The molecule has 0 N–H and O–H groups in total. The fourth-order valence-corrected chi connectivity index (χ4v) is 7.06. The summed E-state index contributed by atoms with van der Waals surface area (Å²) in [5.41, 5.74) is 6.95. The number of hydrogen-bond acceptors (Lipinski definition) is 0. The van der Waals surface area contributed by atoms with E-state index in [1.54, 1.807) is 0 Å². The van der Waals surface area contributed by atoms with E-state index in [1.807, 2.05) is 0 Å². The minimum absolute atomic E-state index is 1.05. The second-order valence-electron chi connectivity index (χ2n) is 11.1. The Labute approximate surface area is 234 Å². The van der Waals surface area contributed by atoms with Gasteiger partial charge in [-0.2, -0.15) is 0 Å². The zero-order valence-corrected chi connectivity index (χ0v) is 22.7. The van der Waals surface area contributed by atoms with Gasteiger partial charge < -0.3 is 0 Å². The lowest BCUT2D eigenvalue weighted by molar-refractivity contribution is 0.798. The smallest absolute Gasteiger partial charge is 0.00141 e. The van der Waals surface area contributed by atoms with Crippen molar-refractivity contribution in [3.05, 3.63) is 133 Å². The minimum Gasteiger partial charge on any atom is -0.0654 e. The summed E-state index contributed by atoms with van der Waals surface area (Å²) in [6, 6.07) is 47.5. The van der Waals surface area contributed by atoms with E-state index < -0.39 is 0 Å². The first-order valence-corrected chi connectivity index (χ1v) is 14.5. The number of hydrogen-bond donors (Lipinski definition) is 0. The Morgan fingerprint density at radius 2 is 0.875 bits per heavy atom. The third-order valence-corrected chi connectivity index (χ3v) is 8.82. The van der Waals surface area contributed by atoms with Crippen molar-refractivity contribution in [3.8, 4) is 22.3 Å². The van der Waals surface area contributed by atoms with Crippen molar-refractivity contribution in [2.45, 2.75) is 26.2 Å². The Morgan fingerprint density at radius 1 is 0.400 bits per heavy atom. The highest BCUT2D eigenvalue weighted by Crippen LogP contribution is 2.49. The molecule has 0 aliphatic heterocycles. The van der Waals surface area contributed by atoms with E-state index in [0.717, 1.165) is 19.3 Å². The molecular formula is C40H30. The van der Waals surface area contributed by atoms with Crippen molar-refractivity contribution < 1.29 is 0 Å². The van der Waals surface area contributed by atoms with Crippen LogP contribution in [0.1, 0.15) is 25.3 Å². The Kier molecular flexibility index (Phi) is 5.35. The van der Waals surface area contributed by atoms with Crippen LogP contribution in [0.4, 0.5) is 0 Å². The molecule has 0 saturated carbocycles. The Hall–Kier alpha value is -4.68. The maximum atomic E-state index is 2.39. The largest absolute Gasteiger partial charge is 0.0654 e. The van der Waals surface area contributed by atoms with E-state index in [2.05, 4.69) is 134 Å². The Morgan fingerprint density at radius 3 is 1.43 bits per heavy atom. The van der Waals surface area contributed by atoms with Crippen LogP contribution in [0.15, 0.2) is 127 Å². The first-order chi connectivity index (χ1) is 19.8. The zero-order chi connectivity index (χ0) is 26.6. The van der Waals surface area contributed by atoms with Gasteiger partial charge in [0.05, 0.1) is 0 Å². The number of fused-ring (bicyclic) bond motifs is 2. The van der Waals surface area contributed by atoms with Crippen molar-refractivity contribution in [1.29, 1.82) is 0 Å². The van der Waals surface area contributed by atoms with E-state index in [0.29, 0.717) is 0 Å². The third kappa shape index (κ3) is 3.39. The van der Waals surface area contributed by atoms with Crippen LogP contribution in [0.5, 0.6) is 0 Å². The molecule has 0 aliphatic carbocycles. The molecule has 0 unspecified atom stereocenters. The Balaban J connectivity index is 1.65. The molecule has 0 heteroatoms. The van der Waals surface area contributed by atoms with E-state index >= 15 is 0 Å². The minimum atomic E-state index is 1.05. The monoisotopic (exact) mass is 510 g/mol. The lowest BCUT2D eigenvalue weighted by Crippen LogP contribution is -2.00. The molecule has 0 aliphatic rings. The highest BCUT2D eigenvalue weighted by atomic mass is 14.3. The SMILES string of the molecule is CCCCc1c(-c2cccc3ccccc23)c2ccc3cccc4ccc(c1-c1cccc5ccccc15)c2c34. The molecule has 0 spiro atoms. The zero-order valence-electron chi connectivity index (χ0n) is 22.7. The summed E-state index contributed by atoms with van der Waals surface area (Å²) in [5.74, 6) is 0. The molecule has 0 heterocycles. The molecule has 190 valence electrons. The molecule has 0 fully saturated rings. The van der Waals surface area contributed by atoms with Gasteiger partial charge in [0.2, 0.25) is 0 Å². The van der Waals surface area contributed by atoms with Crippen LogP contribution < -0.4 is 0 Å². The lowest BCUT2D eigenvalue weighted by atomic mass is 9.79. The normalized spacial score (nSPS) is 11.9. The van der Waals surface area contributed by atoms with Crippen LogP contribution in [0.3, 0.4) is 0 Å². The van der Waals surface area contributed by atoms with Crippen molar-refractivity contribution in [2.24, 2.45) is 0 Å². The van der Waals surface area contributed by atoms with Crippen molar-refractivity contribution in [3.63, 3.8) is 0 Å². The van der Waals surface area contributed by atoms with Crippen LogP contribution >= 0.6 is 0 Å². The third-order valence-electron chi connectivity index (χ3n) is 8.82. The van der Waals surface area contributed by atoms with Gasteiger partial charge in [0.15, 0.2) is 0 Å². The van der Waals surface area contributed by atoms with Gasteiger partial charge in [-0.15, -0.1) is 0 Å². The molecule has 0 nitrogen and oxygen atoms in total. The highest BCUT2D eigenvalue weighted by molar-refractivity contribution is 6.30. The lowest BCUT2D eigenvalue weighted by Gasteiger charge is -2.24. The molecule has 0 aromatic heterocycles. The summed E-state index contributed by atoms with van der Waals surface area (Å²) in [6.45, 7) is 2.31. The van der Waals surface area contributed by atoms with E-state index in [1.165, 1.54) is 81.7 Å². The molecule has 8 aromatic carbocycles. The molecular weight excluding hydrogens is 480 g/mol. The summed E-state index contributed by atoms with van der Waals surface area (Å²) in [7, 11) is 0. The quantitative estimate of drug-likeness (QED) is 0.202. The van der Waals surface area contributed by atoms with E-state index in [-0.39, 0.29) is 0 Å². The van der Waals surface area contributed by atoms with Crippen molar-refractivity contribution >= 4 is 53.9 Å². The summed E-state index contributed by atoms with van der Waals surface area (Å²) in [4.78, 5) is 0. The highest BCUT2D eigenvalue weighted by Gasteiger charge is 2.23. The number of unbranched alkanes of at least 4 members (excludes halogenated alkanes) is 1. The molecule has 0 radical (unpaired) electrons. The summed E-state index contributed by atoms with van der Waals surface area (Å²) in [6.07, 6.45) is 3.36. The van der Waals surface area contributed by atoms with E-state index in [4.69, 9.17) is 0 Å². The summed E-state index contributed by atoms with van der Waals surface area (Å²) < 4.78 is 0. The van der Waals surface area contributed by atoms with Crippen molar-refractivity contribution in [1.82, 2.24) is 0 Å². The molecule has 0 amide bonds. The van der Waals surface area contributed by atoms with Gasteiger partial charge in [0, 0.05) is 0 Å². The van der Waals surface area contributed by atoms with Crippen LogP contribution in [-0.4, -0.2) is 0 Å². The van der Waals surface area contributed by atoms with Gasteiger partial charge >= 0.3 is 0 Å². The van der Waals surface area contributed by atoms with Gasteiger partial charge in [-0.1, -0.05) is 141 Å². The summed E-state index contributed by atoms with van der Waals surface area (Å²) >= 11 is 0. The van der Waals surface area contributed by atoms with Gasteiger partial charge in [-0.05, 0) is 94.5 Å². The number of rotatable bonds is 5. The molecule has 0 atom stereocenters. The molecule has 8 aromatic rings. The second kappa shape index (κ2) is 9.21. The fourth-order valence-electron chi connectivity index (χ4n) is 7.06. The van der Waals surface area contributed by atoms with Crippen molar-refractivity contribution in [2.75, 3.05) is 0 Å². The summed E-state index contributed by atoms with van der Waals surface area (Å²) in [5, 5.41) is 13.3. The van der Waals surface area contributed by atoms with Gasteiger partial charge in [-0.3, -0.25) is 0 Å². The van der Waals surface area contributed by atoms with Crippen LogP contribution in [0.2, 0.25) is 0 Å². The maximum Gasteiger partial charge on any atom is -0.00141 e. The first kappa shape index (κ1) is 23.2. The van der Waals surface area contributed by atoms with E-state index in [9.17, 15) is 0 Å². The van der Waals surface area contributed by atoms with Crippen LogP contribution in [0, 0.1) is 0 Å². The average molecular weight is 511 g/mol. The van der Waals surface area contributed by atoms with Crippen LogP contribution in [0.25, 0.3) is 76.1 Å². The predicted molar refractivity (Wildman–Crippen MR) is 175 cm³/mol. The fraction of sp³-hybridized carbons (Fsp3) is 0.100. The standard InChI is InChI=1S/C40H30/c1-2-3-17-34-38(32-20-9-13-26-11-4-6-18-30(26)32)35-24-22-28-15-8-16-29-23-25-36(40(35)37(28)29)39(34)33-21-10-14-27-12-5-7-19-31(27)33/h4-16,18-25H,2-3,17H2,1H3. The first-order valence-electron chi connectivity index (χ1n) is 14.5. The van der Waals surface area contributed by atoms with Crippen LogP contribution in [-0.2, 0) is 6.42 Å². The number of benzene rings is 8. The molecule has 8 rings (SSSR count). The second-order valence-corrected chi connectivity index (χ2v) is 11.1. The topological polar surface area (TPSA) is 0 Å². The molecule has 40 heavy (non-hydrogen) atoms.